The van der Waals surface area contributed by atoms with Crippen molar-refractivity contribution in [1.82, 2.24) is 14.7 Å². The van der Waals surface area contributed by atoms with Crippen molar-refractivity contribution in [1.29, 1.82) is 0 Å². The van der Waals surface area contributed by atoms with Gasteiger partial charge in [0.05, 0.1) is 13.1 Å². The van der Waals surface area contributed by atoms with Crippen LogP contribution in [0.25, 0.3) is 0 Å². The van der Waals surface area contributed by atoms with Crippen molar-refractivity contribution in [3.05, 3.63) is 0 Å². The van der Waals surface area contributed by atoms with Gasteiger partial charge in [0.25, 0.3) is 0 Å². The lowest BCUT2D eigenvalue weighted by atomic mass is 10.4. The van der Waals surface area contributed by atoms with Crippen LogP contribution in [0.3, 0.4) is 0 Å². The number of hydrogen-bond donors (Lipinski definition) is 2. The van der Waals surface area contributed by atoms with Gasteiger partial charge in [-0.15, -0.1) is 0 Å². The first-order chi connectivity index (χ1) is 8.31. The third kappa shape index (κ3) is 10.0. The lowest BCUT2D eigenvalue weighted by Crippen LogP contribution is -2.41. The average Bonchev–Trinajstić information content (AvgIpc) is 2.20. The highest BCUT2D eigenvalue weighted by Gasteiger charge is 2.11. The minimum atomic E-state index is -0.879. The molecule has 106 valence electrons. The molecular weight excluding hydrogens is 238 g/mol. The summed E-state index contributed by atoms with van der Waals surface area (Å²) >= 11 is 0. The molecule has 0 bridgehead atoms. The molecule has 18 heavy (non-hydrogen) atoms. The smallest absolute Gasteiger partial charge is 0.317 e. The third-order valence-electron chi connectivity index (χ3n) is 2.43. The molecule has 7 nitrogen and oxygen atoms in total. The molecule has 0 saturated carbocycles. The van der Waals surface area contributed by atoms with E-state index < -0.39 is 11.9 Å². The van der Waals surface area contributed by atoms with Gasteiger partial charge >= 0.3 is 11.9 Å². The summed E-state index contributed by atoms with van der Waals surface area (Å²) in [6, 6.07) is 0. The van der Waals surface area contributed by atoms with Crippen LogP contribution in [0, 0.1) is 0 Å². The van der Waals surface area contributed by atoms with E-state index in [4.69, 9.17) is 10.2 Å². The number of likely N-dealkylation sites (N-methyl/N-ethyl adjacent to an activating group) is 2. The first kappa shape index (κ1) is 16.8. The van der Waals surface area contributed by atoms with E-state index in [1.165, 1.54) is 0 Å². The summed E-state index contributed by atoms with van der Waals surface area (Å²) in [5.74, 6) is -1.75. The van der Waals surface area contributed by atoms with Crippen molar-refractivity contribution in [2.24, 2.45) is 0 Å². The summed E-state index contributed by atoms with van der Waals surface area (Å²) in [4.78, 5) is 26.7. The molecule has 0 atom stereocenters. The van der Waals surface area contributed by atoms with Gasteiger partial charge in [-0.05, 0) is 21.1 Å². The van der Waals surface area contributed by atoms with Crippen LogP contribution in [0.1, 0.15) is 0 Å². The maximum atomic E-state index is 10.7. The van der Waals surface area contributed by atoms with E-state index in [1.54, 1.807) is 16.8 Å². The topological polar surface area (TPSA) is 84.3 Å². The van der Waals surface area contributed by atoms with Crippen LogP contribution in [0.4, 0.5) is 0 Å². The van der Waals surface area contributed by atoms with Gasteiger partial charge in [0.1, 0.15) is 0 Å². The normalized spacial score (nSPS) is 11.4. The zero-order valence-electron chi connectivity index (χ0n) is 11.3. The van der Waals surface area contributed by atoms with E-state index in [0.29, 0.717) is 19.6 Å². The summed E-state index contributed by atoms with van der Waals surface area (Å²) in [6.07, 6.45) is 0. The van der Waals surface area contributed by atoms with E-state index >= 15 is 0 Å². The van der Waals surface area contributed by atoms with Gasteiger partial charge in [-0.2, -0.15) is 0 Å². The summed E-state index contributed by atoms with van der Waals surface area (Å²) in [6.45, 7) is 2.45. The zero-order valence-corrected chi connectivity index (χ0v) is 11.3. The predicted octanol–water partition coefficient (Wildman–Crippen LogP) is -1.05. The second-order valence-electron chi connectivity index (χ2n) is 4.60. The Bertz CT molecular complexity index is 271. The Hall–Kier alpha value is -1.18. The number of rotatable bonds is 10. The second kappa shape index (κ2) is 8.84. The van der Waals surface area contributed by atoms with Crippen molar-refractivity contribution in [3.63, 3.8) is 0 Å². The molecule has 0 aliphatic carbocycles. The molecule has 0 radical (unpaired) electrons. The molecular formula is C11H23N3O4. The predicted molar refractivity (Wildman–Crippen MR) is 67.8 cm³/mol. The Balaban J connectivity index is 4.06. The van der Waals surface area contributed by atoms with Crippen LogP contribution < -0.4 is 0 Å². The number of aliphatic carboxylic acids is 2. The van der Waals surface area contributed by atoms with Gasteiger partial charge in [-0.3, -0.25) is 19.4 Å². The molecule has 7 heteroatoms. The molecule has 0 aromatic carbocycles. The van der Waals surface area contributed by atoms with Gasteiger partial charge in [0.15, 0.2) is 0 Å². The van der Waals surface area contributed by atoms with Gasteiger partial charge < -0.3 is 15.1 Å². The van der Waals surface area contributed by atoms with Crippen LogP contribution in [-0.2, 0) is 9.59 Å². The fourth-order valence-corrected chi connectivity index (χ4v) is 1.42. The molecule has 0 aliphatic rings. The van der Waals surface area contributed by atoms with Crippen molar-refractivity contribution < 1.29 is 19.8 Å². The molecule has 0 aliphatic heterocycles. The molecule has 0 fully saturated rings. The standard InChI is InChI=1S/C11H23N3O4/c1-12(2)4-6-14(9-11(17)18)7-5-13(3)8-10(15)16/h4-9H2,1-3H3,(H,15,16)(H,17,18). The van der Waals surface area contributed by atoms with Crippen LogP contribution >= 0.6 is 0 Å². The second-order valence-corrected chi connectivity index (χ2v) is 4.60. The molecule has 0 aromatic heterocycles. The number of carboxylic acid groups (broad SMARTS) is 2. The van der Waals surface area contributed by atoms with Gasteiger partial charge in [-0.25, -0.2) is 0 Å². The molecule has 2 N–H and O–H groups in total. The Kier molecular flexibility index (Phi) is 8.27. The van der Waals surface area contributed by atoms with E-state index in [1.807, 2.05) is 19.0 Å². The van der Waals surface area contributed by atoms with Crippen molar-refractivity contribution >= 4 is 11.9 Å². The molecule has 0 amide bonds. The van der Waals surface area contributed by atoms with Crippen molar-refractivity contribution in [3.8, 4) is 0 Å². The Morgan fingerprint density at radius 2 is 1.33 bits per heavy atom. The molecule has 0 saturated heterocycles. The molecule has 0 rings (SSSR count). The van der Waals surface area contributed by atoms with E-state index in [9.17, 15) is 9.59 Å². The van der Waals surface area contributed by atoms with E-state index in [-0.39, 0.29) is 13.1 Å². The fourth-order valence-electron chi connectivity index (χ4n) is 1.42. The van der Waals surface area contributed by atoms with Crippen molar-refractivity contribution in [2.45, 2.75) is 0 Å². The molecule has 0 heterocycles. The molecule has 0 aromatic rings. The largest absolute Gasteiger partial charge is 0.480 e. The van der Waals surface area contributed by atoms with Crippen LogP contribution in [0.2, 0.25) is 0 Å². The average molecular weight is 261 g/mol. The van der Waals surface area contributed by atoms with E-state index in [0.717, 1.165) is 6.54 Å². The summed E-state index contributed by atoms with van der Waals surface area (Å²) in [5.41, 5.74) is 0. The van der Waals surface area contributed by atoms with Gasteiger partial charge in [0, 0.05) is 26.2 Å². The SMILES string of the molecule is CN(C)CCN(CCN(C)CC(=O)O)CC(=O)O. The van der Waals surface area contributed by atoms with Crippen LogP contribution in [0.5, 0.6) is 0 Å². The Morgan fingerprint density at radius 3 is 1.78 bits per heavy atom. The molecule has 0 spiro atoms. The number of carbonyl (C=O) groups is 2. The maximum Gasteiger partial charge on any atom is 0.317 e. The zero-order chi connectivity index (χ0) is 14.1. The number of nitrogens with zero attached hydrogens (tertiary/aromatic N) is 3. The first-order valence-electron chi connectivity index (χ1n) is 5.80. The van der Waals surface area contributed by atoms with Crippen molar-refractivity contribution in [2.75, 3.05) is 60.4 Å². The maximum absolute atomic E-state index is 10.7. The van der Waals surface area contributed by atoms with Gasteiger partial charge in [0.2, 0.25) is 0 Å². The Morgan fingerprint density at radius 1 is 0.833 bits per heavy atom. The highest BCUT2D eigenvalue weighted by atomic mass is 16.4. The number of carboxylic acids is 2. The van der Waals surface area contributed by atoms with Gasteiger partial charge in [-0.1, -0.05) is 0 Å². The quantitative estimate of drug-likeness (QED) is 0.519. The minimum Gasteiger partial charge on any atom is -0.480 e. The highest BCUT2D eigenvalue weighted by molar-refractivity contribution is 5.69. The van der Waals surface area contributed by atoms with Crippen LogP contribution in [0.15, 0.2) is 0 Å². The fraction of sp³-hybridized carbons (Fsp3) is 0.818. The monoisotopic (exact) mass is 261 g/mol. The van der Waals surface area contributed by atoms with E-state index in [2.05, 4.69) is 0 Å². The number of hydrogen-bond acceptors (Lipinski definition) is 5. The minimum absolute atomic E-state index is 0.0191. The summed E-state index contributed by atoms with van der Waals surface area (Å²) in [7, 11) is 5.56. The summed E-state index contributed by atoms with van der Waals surface area (Å²) < 4.78 is 0. The highest BCUT2D eigenvalue weighted by Crippen LogP contribution is 1.92. The summed E-state index contributed by atoms with van der Waals surface area (Å²) in [5, 5.41) is 17.4. The lowest BCUT2D eigenvalue weighted by Gasteiger charge is -2.24. The van der Waals surface area contributed by atoms with Crippen LogP contribution in [-0.4, -0.2) is 97.3 Å². The molecule has 0 unspecified atom stereocenters. The third-order valence-corrected chi connectivity index (χ3v) is 2.43. The lowest BCUT2D eigenvalue weighted by molar-refractivity contribution is -0.140. The Labute approximate surface area is 108 Å². The first-order valence-corrected chi connectivity index (χ1v) is 5.80.